The van der Waals surface area contributed by atoms with E-state index in [0.29, 0.717) is 23.7 Å². The van der Waals surface area contributed by atoms with Crippen molar-refractivity contribution in [2.75, 3.05) is 13.2 Å². The highest BCUT2D eigenvalue weighted by molar-refractivity contribution is 14.1. The molecule has 0 spiro atoms. The third kappa shape index (κ3) is 4.05. The largest absolute Gasteiger partial charge is 0.349 e. The molecule has 1 fully saturated rings. The molecule has 19 heavy (non-hydrogen) atoms. The van der Waals surface area contributed by atoms with Gasteiger partial charge in [-0.3, -0.25) is 4.79 Å². The van der Waals surface area contributed by atoms with Gasteiger partial charge in [0, 0.05) is 15.7 Å². The van der Waals surface area contributed by atoms with Gasteiger partial charge < -0.3 is 14.8 Å². The average molecular weight is 396 g/mol. The summed E-state index contributed by atoms with van der Waals surface area (Å²) in [6, 6.07) is 5.23. The quantitative estimate of drug-likeness (QED) is 0.801. The number of rotatable bonds is 3. The van der Waals surface area contributed by atoms with Gasteiger partial charge in [-0.2, -0.15) is 0 Å². The normalized spacial score (nSPS) is 21.4. The Kier molecular flexibility index (Phi) is 4.70. The van der Waals surface area contributed by atoms with Crippen molar-refractivity contribution in [3.05, 3.63) is 32.4 Å². The van der Waals surface area contributed by atoms with Crippen LogP contribution in [0.3, 0.4) is 0 Å². The first-order chi connectivity index (χ1) is 8.87. The lowest BCUT2D eigenvalue weighted by atomic mass is 10.2. The molecule has 6 heteroatoms. The van der Waals surface area contributed by atoms with E-state index in [-0.39, 0.29) is 12.0 Å². The van der Waals surface area contributed by atoms with Crippen LogP contribution in [0.5, 0.6) is 0 Å². The van der Waals surface area contributed by atoms with Crippen LogP contribution >= 0.6 is 34.2 Å². The summed E-state index contributed by atoms with van der Waals surface area (Å²) in [6.07, 6.45) is -0.113. The molecule has 2 rings (SSSR count). The average Bonchev–Trinajstić information content (AvgIpc) is 2.69. The van der Waals surface area contributed by atoms with Gasteiger partial charge in [0.2, 0.25) is 0 Å². The van der Waals surface area contributed by atoms with E-state index in [4.69, 9.17) is 21.1 Å². The van der Waals surface area contributed by atoms with E-state index in [2.05, 4.69) is 27.9 Å². The summed E-state index contributed by atoms with van der Waals surface area (Å²) < 4.78 is 12.0. The Hall–Kier alpha value is -0.370. The molecule has 4 nitrogen and oxygen atoms in total. The number of hydrogen-bond acceptors (Lipinski definition) is 3. The minimum atomic E-state index is -0.568. The summed E-state index contributed by atoms with van der Waals surface area (Å²) in [7, 11) is 0. The van der Waals surface area contributed by atoms with E-state index in [1.165, 1.54) is 0 Å². The zero-order valence-corrected chi connectivity index (χ0v) is 13.6. The first kappa shape index (κ1) is 15.0. The summed E-state index contributed by atoms with van der Waals surface area (Å²) in [5.74, 6) is -0.728. The fourth-order valence-corrected chi connectivity index (χ4v) is 2.33. The standard InChI is InChI=1S/C13H15ClINO3/c1-13(2)18-7-9(19-13)6-16-12(17)8-3-4-11(15)10(14)5-8/h3-5,9H,6-7H2,1-2H3,(H,16,17). The van der Waals surface area contributed by atoms with E-state index in [0.717, 1.165) is 3.57 Å². The van der Waals surface area contributed by atoms with Crippen molar-refractivity contribution in [1.82, 2.24) is 5.32 Å². The Morgan fingerprint density at radius 3 is 2.89 bits per heavy atom. The Morgan fingerprint density at radius 1 is 1.58 bits per heavy atom. The molecule has 1 heterocycles. The highest BCUT2D eigenvalue weighted by atomic mass is 127. The SMILES string of the molecule is CC1(C)OCC(CNC(=O)c2ccc(I)c(Cl)c2)O1. The van der Waals surface area contributed by atoms with Crippen molar-refractivity contribution >= 4 is 40.1 Å². The minimum Gasteiger partial charge on any atom is -0.349 e. The zero-order chi connectivity index (χ0) is 14.0. The van der Waals surface area contributed by atoms with Gasteiger partial charge in [0.15, 0.2) is 5.79 Å². The maximum atomic E-state index is 12.0. The molecule has 104 valence electrons. The molecular weight excluding hydrogens is 381 g/mol. The van der Waals surface area contributed by atoms with Crippen molar-refractivity contribution in [1.29, 1.82) is 0 Å². The maximum Gasteiger partial charge on any atom is 0.251 e. The number of carbonyl (C=O) groups is 1. The molecule has 1 aliphatic heterocycles. The number of nitrogens with one attached hydrogen (secondary N) is 1. The predicted octanol–water partition coefficient (Wildman–Crippen LogP) is 2.83. The third-order valence-electron chi connectivity index (χ3n) is 2.74. The van der Waals surface area contributed by atoms with Crippen LogP contribution in [-0.4, -0.2) is 30.9 Å². The highest BCUT2D eigenvalue weighted by Crippen LogP contribution is 2.22. The molecule has 1 aromatic carbocycles. The fourth-order valence-electron chi connectivity index (χ4n) is 1.81. The molecule has 0 bridgehead atoms. The molecule has 0 aromatic heterocycles. The summed E-state index contributed by atoms with van der Waals surface area (Å²) >= 11 is 8.11. The van der Waals surface area contributed by atoms with Gasteiger partial charge in [0.05, 0.1) is 11.6 Å². The van der Waals surface area contributed by atoms with Gasteiger partial charge in [0.25, 0.3) is 5.91 Å². The van der Waals surface area contributed by atoms with Crippen LogP contribution in [0.25, 0.3) is 0 Å². The molecule has 0 aliphatic carbocycles. The van der Waals surface area contributed by atoms with Crippen LogP contribution in [0.1, 0.15) is 24.2 Å². The topological polar surface area (TPSA) is 47.6 Å². The fraction of sp³-hybridized carbons (Fsp3) is 0.462. The summed E-state index contributed by atoms with van der Waals surface area (Å²) in [5, 5.41) is 3.40. The summed E-state index contributed by atoms with van der Waals surface area (Å²) in [6.45, 7) is 4.62. The van der Waals surface area contributed by atoms with Crippen LogP contribution in [-0.2, 0) is 9.47 Å². The lowest BCUT2D eigenvalue weighted by Crippen LogP contribution is -2.34. The molecule has 1 unspecified atom stereocenters. The molecule has 1 aliphatic rings. The van der Waals surface area contributed by atoms with E-state index >= 15 is 0 Å². The molecule has 1 saturated heterocycles. The van der Waals surface area contributed by atoms with Crippen molar-refractivity contribution in [2.45, 2.75) is 25.7 Å². The summed E-state index contributed by atoms with van der Waals surface area (Å²) in [4.78, 5) is 12.0. The smallest absolute Gasteiger partial charge is 0.251 e. The molecule has 1 amide bonds. The third-order valence-corrected chi connectivity index (χ3v) is 4.31. The molecule has 1 aromatic rings. The second kappa shape index (κ2) is 5.95. The monoisotopic (exact) mass is 395 g/mol. The van der Waals surface area contributed by atoms with Crippen LogP contribution in [0.4, 0.5) is 0 Å². The molecule has 1 N–H and O–H groups in total. The highest BCUT2D eigenvalue weighted by Gasteiger charge is 2.32. The van der Waals surface area contributed by atoms with Gasteiger partial charge >= 0.3 is 0 Å². The number of benzene rings is 1. The van der Waals surface area contributed by atoms with E-state index in [1.54, 1.807) is 12.1 Å². The van der Waals surface area contributed by atoms with Crippen molar-refractivity contribution in [2.24, 2.45) is 0 Å². The number of ether oxygens (including phenoxy) is 2. The van der Waals surface area contributed by atoms with E-state index in [9.17, 15) is 4.79 Å². The first-order valence-electron chi connectivity index (χ1n) is 5.92. The second-order valence-corrected chi connectivity index (χ2v) is 6.36. The van der Waals surface area contributed by atoms with Crippen LogP contribution in [0, 0.1) is 3.57 Å². The van der Waals surface area contributed by atoms with Crippen molar-refractivity contribution in [3.8, 4) is 0 Å². The molecular formula is C13H15ClINO3. The van der Waals surface area contributed by atoms with Crippen LogP contribution in [0.15, 0.2) is 18.2 Å². The van der Waals surface area contributed by atoms with Crippen molar-refractivity contribution < 1.29 is 14.3 Å². The minimum absolute atomic E-state index is 0.113. The zero-order valence-electron chi connectivity index (χ0n) is 10.7. The molecule has 0 radical (unpaired) electrons. The van der Waals surface area contributed by atoms with Gasteiger partial charge in [-0.25, -0.2) is 0 Å². The maximum absolute atomic E-state index is 12.0. The number of carbonyl (C=O) groups excluding carboxylic acids is 1. The summed E-state index contributed by atoms with van der Waals surface area (Å²) in [5.41, 5.74) is 0.545. The Balaban J connectivity index is 1.89. The van der Waals surface area contributed by atoms with Crippen molar-refractivity contribution in [3.63, 3.8) is 0 Å². The van der Waals surface area contributed by atoms with Gasteiger partial charge in [-0.15, -0.1) is 0 Å². The van der Waals surface area contributed by atoms with Crippen LogP contribution < -0.4 is 5.32 Å². The van der Waals surface area contributed by atoms with E-state index in [1.807, 2.05) is 19.9 Å². The Labute approximate surface area is 130 Å². The lowest BCUT2D eigenvalue weighted by Gasteiger charge is -2.17. The Morgan fingerprint density at radius 2 is 2.32 bits per heavy atom. The first-order valence-corrected chi connectivity index (χ1v) is 7.38. The lowest BCUT2D eigenvalue weighted by molar-refractivity contribution is -0.137. The van der Waals surface area contributed by atoms with Gasteiger partial charge in [-0.1, -0.05) is 11.6 Å². The van der Waals surface area contributed by atoms with E-state index < -0.39 is 5.79 Å². The second-order valence-electron chi connectivity index (χ2n) is 4.79. The van der Waals surface area contributed by atoms with Crippen LogP contribution in [0.2, 0.25) is 5.02 Å². The number of halogens is 2. The van der Waals surface area contributed by atoms with Gasteiger partial charge in [-0.05, 0) is 54.6 Å². The number of amides is 1. The molecule has 0 saturated carbocycles. The Bertz CT molecular complexity index is 493. The number of hydrogen-bond donors (Lipinski definition) is 1. The van der Waals surface area contributed by atoms with Gasteiger partial charge in [0.1, 0.15) is 6.10 Å². The molecule has 1 atom stereocenters. The predicted molar refractivity (Wildman–Crippen MR) is 81.4 cm³/mol.